The summed E-state index contributed by atoms with van der Waals surface area (Å²) in [5, 5.41) is 13.3. The summed E-state index contributed by atoms with van der Waals surface area (Å²) in [5.41, 5.74) is -1.60. The van der Waals surface area contributed by atoms with Crippen LogP contribution in [0.2, 0.25) is 0 Å². The number of amides is 1. The molecule has 0 aliphatic rings. The van der Waals surface area contributed by atoms with Crippen LogP contribution in [0.4, 0.5) is 14.5 Å². The van der Waals surface area contributed by atoms with E-state index in [4.69, 9.17) is 11.6 Å². The van der Waals surface area contributed by atoms with Crippen LogP contribution < -0.4 is 5.32 Å². The highest BCUT2D eigenvalue weighted by Gasteiger charge is 2.25. The number of halogens is 3. The van der Waals surface area contributed by atoms with E-state index in [0.717, 1.165) is 0 Å². The molecule has 0 spiro atoms. The first-order valence-electron chi connectivity index (χ1n) is 6.15. The lowest BCUT2D eigenvalue weighted by molar-refractivity contribution is -0.385. The summed E-state index contributed by atoms with van der Waals surface area (Å²) in [6.07, 6.45) is 0.620. The fourth-order valence-corrected chi connectivity index (χ4v) is 2.14. The first-order valence-corrected chi connectivity index (χ1v) is 6.69. The third-order valence-corrected chi connectivity index (χ3v) is 3.17. The van der Waals surface area contributed by atoms with Crippen LogP contribution in [0, 0.1) is 27.2 Å². The molecule has 0 unspecified atom stereocenters. The topological polar surface area (TPSA) is 72.2 Å². The minimum absolute atomic E-state index is 0.203. The quantitative estimate of drug-likeness (QED) is 0.497. The van der Waals surface area contributed by atoms with E-state index in [-0.39, 0.29) is 12.0 Å². The van der Waals surface area contributed by atoms with Gasteiger partial charge in [-0.2, -0.15) is 0 Å². The SMILES string of the molecule is CC(C)(CCCl)CNC(=O)c1cc(F)c(F)cc1[N+](=O)[O-]. The van der Waals surface area contributed by atoms with Gasteiger partial charge in [0, 0.05) is 12.4 Å². The summed E-state index contributed by atoms with van der Waals surface area (Å²) >= 11 is 5.63. The first kappa shape index (κ1) is 17.3. The van der Waals surface area contributed by atoms with Crippen molar-refractivity contribution in [1.82, 2.24) is 5.32 Å². The first-order chi connectivity index (χ1) is 9.68. The Bertz CT molecular complexity index is 565. The van der Waals surface area contributed by atoms with Gasteiger partial charge in [0.1, 0.15) is 5.56 Å². The molecular weight excluding hydrogens is 306 g/mol. The van der Waals surface area contributed by atoms with Gasteiger partial charge in [-0.1, -0.05) is 13.8 Å². The maximum absolute atomic E-state index is 13.2. The molecule has 1 rings (SSSR count). The lowest BCUT2D eigenvalue weighted by atomic mass is 9.90. The minimum Gasteiger partial charge on any atom is -0.351 e. The van der Waals surface area contributed by atoms with E-state index < -0.39 is 33.7 Å². The van der Waals surface area contributed by atoms with Gasteiger partial charge in [-0.3, -0.25) is 14.9 Å². The summed E-state index contributed by atoms with van der Waals surface area (Å²) in [7, 11) is 0. The molecule has 0 saturated carbocycles. The largest absolute Gasteiger partial charge is 0.351 e. The molecule has 1 aromatic carbocycles. The number of carbonyl (C=O) groups is 1. The van der Waals surface area contributed by atoms with Gasteiger partial charge in [0.25, 0.3) is 11.6 Å². The number of hydrogen-bond acceptors (Lipinski definition) is 3. The highest BCUT2D eigenvalue weighted by Crippen LogP contribution is 2.23. The van der Waals surface area contributed by atoms with Gasteiger partial charge >= 0.3 is 0 Å². The molecule has 8 heteroatoms. The third-order valence-electron chi connectivity index (χ3n) is 2.98. The Hall–Kier alpha value is -1.76. The molecular formula is C13H15ClF2N2O3. The molecule has 1 N–H and O–H groups in total. The molecule has 0 bridgehead atoms. The van der Waals surface area contributed by atoms with E-state index in [2.05, 4.69) is 5.32 Å². The lowest BCUT2D eigenvalue weighted by Gasteiger charge is -2.23. The van der Waals surface area contributed by atoms with E-state index in [0.29, 0.717) is 24.4 Å². The highest BCUT2D eigenvalue weighted by molar-refractivity contribution is 6.17. The predicted molar refractivity (Wildman–Crippen MR) is 74.5 cm³/mol. The number of nitrogens with one attached hydrogen (secondary N) is 1. The molecule has 5 nitrogen and oxygen atoms in total. The van der Waals surface area contributed by atoms with Crippen molar-refractivity contribution in [2.75, 3.05) is 12.4 Å². The maximum atomic E-state index is 13.2. The zero-order valence-electron chi connectivity index (χ0n) is 11.6. The summed E-state index contributed by atoms with van der Waals surface area (Å²) in [6.45, 7) is 3.92. The Morgan fingerprint density at radius 2 is 1.95 bits per heavy atom. The number of alkyl halides is 1. The molecule has 0 aliphatic heterocycles. The van der Waals surface area contributed by atoms with Crippen LogP contribution in [0.1, 0.15) is 30.6 Å². The van der Waals surface area contributed by atoms with E-state index in [1.807, 2.05) is 13.8 Å². The van der Waals surface area contributed by atoms with Crippen LogP contribution >= 0.6 is 11.6 Å². The summed E-state index contributed by atoms with van der Waals surface area (Å²) in [6, 6.07) is 0.922. The van der Waals surface area contributed by atoms with Crippen LogP contribution in [0.15, 0.2) is 12.1 Å². The van der Waals surface area contributed by atoms with Crippen LogP contribution in [-0.4, -0.2) is 23.3 Å². The molecule has 0 radical (unpaired) electrons. The number of rotatable bonds is 6. The number of nitro benzene ring substituents is 1. The van der Waals surface area contributed by atoms with Crippen LogP contribution in [-0.2, 0) is 0 Å². The molecule has 0 atom stereocenters. The Kier molecular flexibility index (Phi) is 5.60. The summed E-state index contributed by atoms with van der Waals surface area (Å²) in [4.78, 5) is 21.8. The molecule has 21 heavy (non-hydrogen) atoms. The molecule has 0 aromatic heterocycles. The van der Waals surface area contributed by atoms with Crippen molar-refractivity contribution in [3.63, 3.8) is 0 Å². The fourth-order valence-electron chi connectivity index (χ4n) is 1.63. The minimum atomic E-state index is -1.37. The monoisotopic (exact) mass is 320 g/mol. The fraction of sp³-hybridized carbons (Fsp3) is 0.462. The Labute approximate surface area is 125 Å². The molecule has 0 heterocycles. The Morgan fingerprint density at radius 3 is 2.48 bits per heavy atom. The van der Waals surface area contributed by atoms with Crippen molar-refractivity contribution in [2.24, 2.45) is 5.41 Å². The lowest BCUT2D eigenvalue weighted by Crippen LogP contribution is -2.34. The number of nitrogens with zero attached hydrogens (tertiary/aromatic N) is 1. The second-order valence-electron chi connectivity index (χ2n) is 5.33. The molecule has 0 aliphatic carbocycles. The number of benzene rings is 1. The molecule has 1 aromatic rings. The van der Waals surface area contributed by atoms with Crippen molar-refractivity contribution in [2.45, 2.75) is 20.3 Å². The van der Waals surface area contributed by atoms with Crippen LogP contribution in [0.25, 0.3) is 0 Å². The molecule has 0 saturated heterocycles. The second kappa shape index (κ2) is 6.80. The zero-order valence-corrected chi connectivity index (χ0v) is 12.3. The zero-order chi connectivity index (χ0) is 16.2. The van der Waals surface area contributed by atoms with Crippen molar-refractivity contribution in [3.05, 3.63) is 39.4 Å². The van der Waals surface area contributed by atoms with Gasteiger partial charge in [-0.05, 0) is 17.9 Å². The Morgan fingerprint density at radius 1 is 1.38 bits per heavy atom. The molecule has 116 valence electrons. The average Bonchev–Trinajstić information content (AvgIpc) is 2.38. The smallest absolute Gasteiger partial charge is 0.285 e. The Balaban J connectivity index is 2.97. The van der Waals surface area contributed by atoms with E-state index in [1.54, 1.807) is 0 Å². The van der Waals surface area contributed by atoms with E-state index >= 15 is 0 Å². The van der Waals surface area contributed by atoms with Gasteiger partial charge in [-0.25, -0.2) is 8.78 Å². The second-order valence-corrected chi connectivity index (χ2v) is 5.70. The highest BCUT2D eigenvalue weighted by atomic mass is 35.5. The van der Waals surface area contributed by atoms with Gasteiger partial charge in [0.15, 0.2) is 11.6 Å². The number of nitro groups is 1. The maximum Gasteiger partial charge on any atom is 0.285 e. The van der Waals surface area contributed by atoms with Gasteiger partial charge in [-0.15, -0.1) is 11.6 Å². The van der Waals surface area contributed by atoms with E-state index in [1.165, 1.54) is 0 Å². The van der Waals surface area contributed by atoms with Gasteiger partial charge < -0.3 is 5.32 Å². The number of carbonyl (C=O) groups excluding carboxylic acids is 1. The van der Waals surface area contributed by atoms with Crippen LogP contribution in [0.3, 0.4) is 0 Å². The number of hydrogen-bond donors (Lipinski definition) is 1. The molecule has 0 fully saturated rings. The van der Waals surface area contributed by atoms with Gasteiger partial charge in [0.2, 0.25) is 0 Å². The average molecular weight is 321 g/mol. The summed E-state index contributed by atoms with van der Waals surface area (Å²) in [5.74, 6) is -3.12. The van der Waals surface area contributed by atoms with Crippen molar-refractivity contribution in [1.29, 1.82) is 0 Å². The molecule has 1 amide bonds. The van der Waals surface area contributed by atoms with E-state index in [9.17, 15) is 23.7 Å². The standard InChI is InChI=1S/C13H15ClF2N2O3/c1-13(2,3-4-14)7-17-12(19)8-5-9(15)10(16)6-11(8)18(20)21/h5-6H,3-4,7H2,1-2H3,(H,17,19). The predicted octanol–water partition coefficient (Wildman–Crippen LogP) is 3.26. The van der Waals surface area contributed by atoms with Crippen molar-refractivity contribution < 1.29 is 18.5 Å². The summed E-state index contributed by atoms with van der Waals surface area (Å²) < 4.78 is 26.2. The van der Waals surface area contributed by atoms with Crippen molar-refractivity contribution >= 4 is 23.2 Å². The van der Waals surface area contributed by atoms with Crippen molar-refractivity contribution in [3.8, 4) is 0 Å². The third kappa shape index (κ3) is 4.63. The van der Waals surface area contributed by atoms with Gasteiger partial charge in [0.05, 0.1) is 11.0 Å². The normalized spacial score (nSPS) is 11.3. The van der Waals surface area contributed by atoms with Crippen LogP contribution in [0.5, 0.6) is 0 Å².